The summed E-state index contributed by atoms with van der Waals surface area (Å²) in [6.07, 6.45) is -0.511. The molecule has 1 amide bonds. The second kappa shape index (κ2) is 5.45. The molecule has 0 aliphatic rings. The first-order chi connectivity index (χ1) is 6.33. The molecule has 1 aromatic rings. The summed E-state index contributed by atoms with van der Waals surface area (Å²) in [7, 11) is 1.31. The Morgan fingerprint density at radius 2 is 2.08 bits per heavy atom. The van der Waals surface area contributed by atoms with Crippen LogP contribution in [0.5, 0.6) is 0 Å². The van der Waals surface area contributed by atoms with Gasteiger partial charge >= 0.3 is 6.09 Å². The van der Waals surface area contributed by atoms with Crippen molar-refractivity contribution in [3.63, 3.8) is 0 Å². The zero-order chi connectivity index (χ0) is 9.52. The molecule has 0 aromatic heterocycles. The molecular formula is C8H10N2O2S. The van der Waals surface area contributed by atoms with Gasteiger partial charge in [0.05, 0.1) is 7.11 Å². The Kier molecular flexibility index (Phi) is 4.14. The number of carbonyl (C=O) groups is 1. The summed E-state index contributed by atoms with van der Waals surface area (Å²) in [6.45, 7) is 0. The van der Waals surface area contributed by atoms with E-state index < -0.39 is 6.09 Å². The lowest BCUT2D eigenvalue weighted by molar-refractivity contribution is 0.169. The SMILES string of the molecule is COC(=O)NNSc1ccccc1. The molecule has 70 valence electrons. The number of methoxy groups -OCH3 is 1. The third kappa shape index (κ3) is 3.82. The molecule has 0 saturated carbocycles. The van der Waals surface area contributed by atoms with Crippen LogP contribution in [0.4, 0.5) is 4.79 Å². The lowest BCUT2D eigenvalue weighted by Gasteiger charge is -2.03. The minimum Gasteiger partial charge on any atom is -0.452 e. The van der Waals surface area contributed by atoms with Crippen molar-refractivity contribution in [2.45, 2.75) is 4.90 Å². The zero-order valence-electron chi connectivity index (χ0n) is 7.11. The van der Waals surface area contributed by atoms with Gasteiger partial charge in [0.1, 0.15) is 0 Å². The molecule has 0 saturated heterocycles. The van der Waals surface area contributed by atoms with Gasteiger partial charge in [0.25, 0.3) is 0 Å². The maximum atomic E-state index is 10.6. The highest BCUT2D eigenvalue weighted by atomic mass is 32.2. The lowest BCUT2D eigenvalue weighted by Crippen LogP contribution is -2.32. The Bertz CT molecular complexity index is 266. The van der Waals surface area contributed by atoms with E-state index >= 15 is 0 Å². The largest absolute Gasteiger partial charge is 0.452 e. The molecule has 13 heavy (non-hydrogen) atoms. The highest BCUT2D eigenvalue weighted by Crippen LogP contribution is 2.11. The van der Waals surface area contributed by atoms with Gasteiger partial charge in [0, 0.05) is 4.90 Å². The van der Waals surface area contributed by atoms with Crippen molar-refractivity contribution in [1.82, 2.24) is 10.3 Å². The molecule has 5 heteroatoms. The lowest BCUT2D eigenvalue weighted by atomic mass is 10.4. The first-order valence-electron chi connectivity index (χ1n) is 3.64. The fourth-order valence-corrected chi connectivity index (χ4v) is 1.21. The monoisotopic (exact) mass is 198 g/mol. The van der Waals surface area contributed by atoms with E-state index in [-0.39, 0.29) is 0 Å². The standard InChI is InChI=1S/C8H10N2O2S/c1-12-8(11)9-10-13-7-5-3-2-4-6-7/h2-6,10H,1H3,(H,9,11). The molecule has 0 aliphatic carbocycles. The van der Waals surface area contributed by atoms with Crippen LogP contribution >= 0.6 is 11.9 Å². The van der Waals surface area contributed by atoms with E-state index in [0.29, 0.717) is 0 Å². The molecule has 0 radical (unpaired) electrons. The second-order valence-corrected chi connectivity index (χ2v) is 3.01. The van der Waals surface area contributed by atoms with Crippen LogP contribution in [0.3, 0.4) is 0 Å². The van der Waals surface area contributed by atoms with E-state index in [0.717, 1.165) is 4.90 Å². The van der Waals surface area contributed by atoms with Gasteiger partial charge in [-0.05, 0) is 24.1 Å². The average Bonchev–Trinajstić information content (AvgIpc) is 2.19. The molecule has 2 N–H and O–H groups in total. The third-order valence-electron chi connectivity index (χ3n) is 1.25. The summed E-state index contributed by atoms with van der Waals surface area (Å²) >= 11 is 1.30. The van der Waals surface area contributed by atoms with Gasteiger partial charge < -0.3 is 4.74 Å². The van der Waals surface area contributed by atoms with Gasteiger partial charge in [0.2, 0.25) is 0 Å². The Balaban J connectivity index is 2.24. The van der Waals surface area contributed by atoms with Crippen LogP contribution < -0.4 is 10.3 Å². The summed E-state index contributed by atoms with van der Waals surface area (Å²) in [4.78, 5) is 14.3. The number of hydrogen-bond acceptors (Lipinski definition) is 4. The highest BCUT2D eigenvalue weighted by Gasteiger charge is 1.96. The van der Waals surface area contributed by atoms with Crippen LogP contribution in [0.15, 0.2) is 35.2 Å². The topological polar surface area (TPSA) is 50.4 Å². The maximum absolute atomic E-state index is 10.6. The molecule has 0 fully saturated rings. The van der Waals surface area contributed by atoms with Crippen molar-refractivity contribution in [1.29, 1.82) is 0 Å². The first kappa shape index (κ1) is 9.88. The van der Waals surface area contributed by atoms with Gasteiger partial charge in [-0.3, -0.25) is 0 Å². The Hall–Kier alpha value is -1.20. The van der Waals surface area contributed by atoms with Gasteiger partial charge in [-0.15, -0.1) is 0 Å². The number of rotatable bonds is 3. The number of carbonyl (C=O) groups excluding carboxylic acids is 1. The number of ether oxygens (including phenoxy) is 1. The van der Waals surface area contributed by atoms with Crippen LogP contribution in [0.2, 0.25) is 0 Å². The fraction of sp³-hybridized carbons (Fsp3) is 0.125. The summed E-state index contributed by atoms with van der Waals surface area (Å²) in [5.41, 5.74) is 2.33. The smallest absolute Gasteiger partial charge is 0.422 e. The minimum absolute atomic E-state index is 0.511. The molecule has 0 heterocycles. The van der Waals surface area contributed by atoms with E-state index in [1.807, 2.05) is 30.3 Å². The predicted octanol–water partition coefficient (Wildman–Crippen LogP) is 1.55. The van der Waals surface area contributed by atoms with Crippen molar-refractivity contribution in [3.05, 3.63) is 30.3 Å². The summed E-state index contributed by atoms with van der Waals surface area (Å²) in [6, 6.07) is 9.62. The molecular weight excluding hydrogens is 188 g/mol. The van der Waals surface area contributed by atoms with Gasteiger partial charge in [0.15, 0.2) is 0 Å². The van der Waals surface area contributed by atoms with Gasteiger partial charge in [-0.25, -0.2) is 10.2 Å². The molecule has 0 aliphatic heterocycles. The van der Waals surface area contributed by atoms with Crippen molar-refractivity contribution < 1.29 is 9.53 Å². The van der Waals surface area contributed by atoms with E-state index in [2.05, 4.69) is 15.0 Å². The van der Waals surface area contributed by atoms with E-state index in [1.54, 1.807) is 0 Å². The number of nitrogens with one attached hydrogen (secondary N) is 2. The van der Waals surface area contributed by atoms with Crippen LogP contribution in [0, 0.1) is 0 Å². The van der Waals surface area contributed by atoms with E-state index in [4.69, 9.17) is 0 Å². The average molecular weight is 198 g/mol. The summed E-state index contributed by atoms with van der Waals surface area (Å²) in [5, 5.41) is 0. The quantitative estimate of drug-likeness (QED) is 0.571. The van der Waals surface area contributed by atoms with Crippen molar-refractivity contribution in [2.24, 2.45) is 0 Å². The summed E-state index contributed by atoms with van der Waals surface area (Å²) in [5.74, 6) is 0. The number of hydrogen-bond donors (Lipinski definition) is 2. The van der Waals surface area contributed by atoms with Crippen LogP contribution in [0.25, 0.3) is 0 Å². The zero-order valence-corrected chi connectivity index (χ0v) is 7.93. The van der Waals surface area contributed by atoms with Crippen LogP contribution in [-0.4, -0.2) is 13.2 Å². The molecule has 1 rings (SSSR count). The van der Waals surface area contributed by atoms with Gasteiger partial charge in [-0.1, -0.05) is 18.2 Å². The fourth-order valence-electron chi connectivity index (χ4n) is 0.666. The highest BCUT2D eigenvalue weighted by molar-refractivity contribution is 7.97. The second-order valence-electron chi connectivity index (χ2n) is 2.13. The van der Waals surface area contributed by atoms with Crippen LogP contribution in [0.1, 0.15) is 0 Å². The van der Waals surface area contributed by atoms with Crippen molar-refractivity contribution >= 4 is 18.0 Å². The van der Waals surface area contributed by atoms with Crippen molar-refractivity contribution in [3.8, 4) is 0 Å². The van der Waals surface area contributed by atoms with E-state index in [1.165, 1.54) is 19.1 Å². The molecule has 1 aromatic carbocycles. The predicted molar refractivity (Wildman–Crippen MR) is 51.0 cm³/mol. The number of amides is 1. The first-order valence-corrected chi connectivity index (χ1v) is 4.45. The van der Waals surface area contributed by atoms with E-state index in [9.17, 15) is 4.79 Å². The minimum atomic E-state index is -0.511. The third-order valence-corrected chi connectivity index (χ3v) is 1.96. The van der Waals surface area contributed by atoms with Gasteiger partial charge in [-0.2, -0.15) is 4.83 Å². The summed E-state index contributed by atoms with van der Waals surface area (Å²) < 4.78 is 4.36. The van der Waals surface area contributed by atoms with Crippen molar-refractivity contribution in [2.75, 3.05) is 7.11 Å². The maximum Gasteiger partial charge on any atom is 0.422 e. The molecule has 4 nitrogen and oxygen atoms in total. The Labute approximate surface area is 80.8 Å². The van der Waals surface area contributed by atoms with Crippen LogP contribution in [-0.2, 0) is 4.74 Å². The normalized spacial score (nSPS) is 9.31. The molecule has 0 bridgehead atoms. The number of hydrazine groups is 1. The number of benzene rings is 1. The Morgan fingerprint density at radius 1 is 1.38 bits per heavy atom. The molecule has 0 spiro atoms. The molecule has 0 unspecified atom stereocenters. The molecule has 0 atom stereocenters. The Morgan fingerprint density at radius 3 is 2.69 bits per heavy atom.